The molecule has 0 saturated heterocycles. The molecular formula is C23H22ClN5O4. The van der Waals surface area contributed by atoms with E-state index in [4.69, 9.17) is 25.6 Å². The Labute approximate surface area is 195 Å². The van der Waals surface area contributed by atoms with Crippen molar-refractivity contribution >= 4 is 23.2 Å². The maximum absolute atomic E-state index is 13.0. The van der Waals surface area contributed by atoms with Crippen molar-refractivity contribution in [2.45, 2.75) is 20.3 Å². The van der Waals surface area contributed by atoms with E-state index < -0.39 is 0 Å². The normalized spacial score (nSPS) is 10.8. The van der Waals surface area contributed by atoms with Crippen molar-refractivity contribution in [2.24, 2.45) is 0 Å². The summed E-state index contributed by atoms with van der Waals surface area (Å²) in [7, 11) is 3.02. The largest absolute Gasteiger partial charge is 0.497 e. The van der Waals surface area contributed by atoms with Crippen molar-refractivity contribution in [3.8, 4) is 28.6 Å². The fourth-order valence-corrected chi connectivity index (χ4v) is 3.48. The van der Waals surface area contributed by atoms with Gasteiger partial charge in [-0.25, -0.2) is 4.68 Å². The second-order valence-corrected chi connectivity index (χ2v) is 7.53. The maximum atomic E-state index is 13.0. The van der Waals surface area contributed by atoms with E-state index in [1.54, 1.807) is 29.9 Å². The van der Waals surface area contributed by atoms with Gasteiger partial charge in [-0.3, -0.25) is 4.79 Å². The summed E-state index contributed by atoms with van der Waals surface area (Å²) in [6.45, 7) is 3.71. The Bertz CT molecular complexity index is 1300. The number of methoxy groups -OCH3 is 2. The van der Waals surface area contributed by atoms with Gasteiger partial charge in [0.25, 0.3) is 5.91 Å². The van der Waals surface area contributed by atoms with Gasteiger partial charge in [0.05, 0.1) is 36.2 Å². The van der Waals surface area contributed by atoms with Gasteiger partial charge in [0.2, 0.25) is 11.7 Å². The van der Waals surface area contributed by atoms with Gasteiger partial charge in [-0.1, -0.05) is 23.7 Å². The second-order valence-electron chi connectivity index (χ2n) is 7.13. The number of aryl methyl sites for hydroxylation is 2. The third kappa shape index (κ3) is 4.54. The van der Waals surface area contributed by atoms with E-state index in [1.165, 1.54) is 14.2 Å². The average Bonchev–Trinajstić information content (AvgIpc) is 3.47. The number of benzene rings is 2. The molecule has 10 heteroatoms. The van der Waals surface area contributed by atoms with E-state index in [2.05, 4.69) is 20.6 Å². The van der Waals surface area contributed by atoms with E-state index in [-0.39, 0.29) is 5.91 Å². The summed E-state index contributed by atoms with van der Waals surface area (Å²) in [6, 6.07) is 10.7. The Kier molecular flexibility index (Phi) is 6.32. The fourth-order valence-electron chi connectivity index (χ4n) is 3.23. The molecule has 0 fully saturated rings. The number of hydrogen-bond acceptors (Lipinski definition) is 7. The lowest BCUT2D eigenvalue weighted by Crippen LogP contribution is -2.13. The molecule has 0 aliphatic rings. The molecule has 33 heavy (non-hydrogen) atoms. The molecule has 0 bridgehead atoms. The maximum Gasteiger partial charge on any atom is 0.259 e. The van der Waals surface area contributed by atoms with Gasteiger partial charge in [0.15, 0.2) is 0 Å². The Morgan fingerprint density at radius 1 is 1.18 bits per heavy atom. The monoisotopic (exact) mass is 467 g/mol. The van der Waals surface area contributed by atoms with Gasteiger partial charge < -0.3 is 19.3 Å². The van der Waals surface area contributed by atoms with Crippen LogP contribution in [0.25, 0.3) is 17.1 Å². The summed E-state index contributed by atoms with van der Waals surface area (Å²) in [4.78, 5) is 17.3. The van der Waals surface area contributed by atoms with Gasteiger partial charge in [0, 0.05) is 30.3 Å². The Morgan fingerprint density at radius 2 is 1.94 bits per heavy atom. The summed E-state index contributed by atoms with van der Waals surface area (Å²) < 4.78 is 17.3. The van der Waals surface area contributed by atoms with Crippen LogP contribution in [0, 0.1) is 6.92 Å². The molecule has 0 saturated carbocycles. The lowest BCUT2D eigenvalue weighted by atomic mass is 10.2. The first-order valence-corrected chi connectivity index (χ1v) is 10.5. The molecule has 2 aromatic heterocycles. The zero-order chi connectivity index (χ0) is 23.5. The zero-order valence-electron chi connectivity index (χ0n) is 18.5. The Balaban J connectivity index is 1.57. The van der Waals surface area contributed by atoms with E-state index in [0.717, 1.165) is 11.3 Å². The van der Waals surface area contributed by atoms with Crippen LogP contribution >= 0.6 is 11.6 Å². The van der Waals surface area contributed by atoms with Gasteiger partial charge in [0.1, 0.15) is 17.2 Å². The Morgan fingerprint density at radius 3 is 2.58 bits per heavy atom. The predicted octanol–water partition coefficient (Wildman–Crippen LogP) is 4.72. The number of anilines is 1. The highest BCUT2D eigenvalue weighted by Crippen LogP contribution is 2.37. The number of nitrogens with zero attached hydrogens (tertiary/aromatic N) is 4. The zero-order valence-corrected chi connectivity index (χ0v) is 19.3. The Hall–Kier alpha value is -3.85. The number of carbonyl (C=O) groups excluding carboxylic acids is 1. The highest BCUT2D eigenvalue weighted by molar-refractivity contribution is 6.34. The molecule has 4 rings (SSSR count). The number of carbonyl (C=O) groups is 1. The van der Waals surface area contributed by atoms with Crippen molar-refractivity contribution in [3.63, 3.8) is 0 Å². The van der Waals surface area contributed by atoms with Crippen molar-refractivity contribution in [2.75, 3.05) is 19.5 Å². The third-order valence-corrected chi connectivity index (χ3v) is 5.32. The molecule has 4 aromatic rings. The minimum Gasteiger partial charge on any atom is -0.497 e. The highest BCUT2D eigenvalue weighted by atomic mass is 35.5. The van der Waals surface area contributed by atoms with Gasteiger partial charge >= 0.3 is 0 Å². The summed E-state index contributed by atoms with van der Waals surface area (Å²) in [5.74, 6) is 1.66. The van der Waals surface area contributed by atoms with Gasteiger partial charge in [-0.15, -0.1) is 0 Å². The summed E-state index contributed by atoms with van der Waals surface area (Å²) >= 11 is 6.33. The molecule has 0 unspecified atom stereocenters. The molecule has 1 amide bonds. The predicted molar refractivity (Wildman–Crippen MR) is 123 cm³/mol. The van der Waals surface area contributed by atoms with Crippen LogP contribution in [0.4, 0.5) is 5.69 Å². The van der Waals surface area contributed by atoms with Crippen LogP contribution in [0.1, 0.15) is 28.9 Å². The molecule has 0 atom stereocenters. The van der Waals surface area contributed by atoms with E-state index in [9.17, 15) is 4.79 Å². The van der Waals surface area contributed by atoms with Crippen LogP contribution in [0.15, 0.2) is 47.1 Å². The van der Waals surface area contributed by atoms with Crippen LogP contribution in [0.5, 0.6) is 11.5 Å². The number of nitrogens with one attached hydrogen (secondary N) is 1. The first-order valence-electron chi connectivity index (χ1n) is 10.2. The molecular weight excluding hydrogens is 446 g/mol. The molecule has 2 heterocycles. The molecule has 0 aliphatic heterocycles. The number of hydrogen-bond donors (Lipinski definition) is 1. The summed E-state index contributed by atoms with van der Waals surface area (Å²) in [6.07, 6.45) is 2.34. The van der Waals surface area contributed by atoms with Crippen molar-refractivity contribution in [3.05, 3.63) is 64.8 Å². The molecule has 2 aromatic carbocycles. The minimum absolute atomic E-state index is 0.299. The van der Waals surface area contributed by atoms with Gasteiger partial charge in [-0.05, 0) is 31.2 Å². The quantitative estimate of drug-likeness (QED) is 0.419. The van der Waals surface area contributed by atoms with E-state index >= 15 is 0 Å². The number of aromatic nitrogens is 4. The SMILES string of the molecule is CCc1nc(-c2ccc(-n3cc(C(=O)Nc4c(Cl)cc(OC)cc4OC)c(C)n3)cc2)no1. The first-order chi connectivity index (χ1) is 15.9. The van der Waals surface area contributed by atoms with Crippen LogP contribution in [-0.2, 0) is 6.42 Å². The fraction of sp³-hybridized carbons (Fsp3) is 0.217. The third-order valence-electron chi connectivity index (χ3n) is 5.03. The average molecular weight is 468 g/mol. The van der Waals surface area contributed by atoms with Crippen LogP contribution in [0.2, 0.25) is 5.02 Å². The van der Waals surface area contributed by atoms with Crippen molar-refractivity contribution < 1.29 is 18.8 Å². The molecule has 0 radical (unpaired) electrons. The number of rotatable bonds is 7. The number of halogens is 1. The van der Waals surface area contributed by atoms with E-state index in [1.807, 2.05) is 31.2 Å². The second kappa shape index (κ2) is 9.33. The molecule has 0 spiro atoms. The lowest BCUT2D eigenvalue weighted by molar-refractivity contribution is 0.102. The number of ether oxygens (including phenoxy) is 2. The van der Waals surface area contributed by atoms with Crippen molar-refractivity contribution in [1.29, 1.82) is 0 Å². The van der Waals surface area contributed by atoms with Crippen molar-refractivity contribution in [1.82, 2.24) is 19.9 Å². The molecule has 170 valence electrons. The molecule has 9 nitrogen and oxygen atoms in total. The van der Waals surface area contributed by atoms with Crippen LogP contribution in [0.3, 0.4) is 0 Å². The minimum atomic E-state index is -0.361. The van der Waals surface area contributed by atoms with E-state index in [0.29, 0.717) is 51.6 Å². The summed E-state index contributed by atoms with van der Waals surface area (Å²) in [5.41, 5.74) is 2.92. The first kappa shape index (κ1) is 22.3. The smallest absolute Gasteiger partial charge is 0.259 e. The van der Waals surface area contributed by atoms with Gasteiger partial charge in [-0.2, -0.15) is 10.1 Å². The molecule has 1 N–H and O–H groups in total. The number of amides is 1. The van der Waals surface area contributed by atoms with Crippen LogP contribution < -0.4 is 14.8 Å². The topological polar surface area (TPSA) is 104 Å². The summed E-state index contributed by atoms with van der Waals surface area (Å²) in [5, 5.41) is 11.6. The standard InChI is InChI=1S/C23H22ClN5O4/c1-5-20-25-22(28-33-20)14-6-8-15(9-7-14)29-12-17(13(2)27-29)23(30)26-21-18(24)10-16(31-3)11-19(21)32-4/h6-12H,5H2,1-4H3,(H,26,30). The lowest BCUT2D eigenvalue weighted by Gasteiger charge is -2.13. The highest BCUT2D eigenvalue weighted by Gasteiger charge is 2.19. The molecule has 0 aliphatic carbocycles. The van der Waals surface area contributed by atoms with Crippen LogP contribution in [-0.4, -0.2) is 40.0 Å².